The van der Waals surface area contributed by atoms with Gasteiger partial charge in [-0.15, -0.1) is 0 Å². The fraction of sp³-hybridized carbons (Fsp3) is 0.0968. The van der Waals surface area contributed by atoms with E-state index in [-0.39, 0.29) is 17.7 Å². The number of rotatable bonds is 7. The fourth-order valence-corrected chi connectivity index (χ4v) is 4.43. The van der Waals surface area contributed by atoms with Crippen LogP contribution in [-0.4, -0.2) is 27.9 Å². The van der Waals surface area contributed by atoms with Crippen LogP contribution in [0.1, 0.15) is 23.7 Å². The van der Waals surface area contributed by atoms with Crippen LogP contribution in [0.3, 0.4) is 0 Å². The predicted molar refractivity (Wildman–Crippen MR) is 153 cm³/mol. The van der Waals surface area contributed by atoms with Crippen LogP contribution in [0.15, 0.2) is 102 Å². The zero-order valence-corrected chi connectivity index (χ0v) is 22.5. The van der Waals surface area contributed by atoms with Crippen LogP contribution >= 0.6 is 15.9 Å². The predicted octanol–water partition coefficient (Wildman–Crippen LogP) is 7.44. The van der Waals surface area contributed by atoms with Crippen LogP contribution in [0.5, 0.6) is 0 Å². The van der Waals surface area contributed by atoms with Crippen LogP contribution in [0.4, 0.5) is 10.1 Å². The lowest BCUT2D eigenvalue weighted by Crippen LogP contribution is -2.32. The molecular weight excluding hydrogens is 561 g/mol. The second-order valence-corrected chi connectivity index (χ2v) is 9.69. The first kappa shape index (κ1) is 26.2. The topological polar surface area (TPSA) is 81.2 Å². The standard InChI is InChI=1S/C31H23BrFN3O3/c1-2-27(30(37)36-24-16-14-22(32)18-23(24)33)39-31(38)21-13-15-25-26(17-21)35-29(20-11-7-4-8-12-20)28(34-25)19-9-5-3-6-10-19/h3-18,27H,2H2,1H3,(H,36,37). The average molecular weight is 584 g/mol. The molecule has 1 heterocycles. The Bertz CT molecular complexity index is 1660. The summed E-state index contributed by atoms with van der Waals surface area (Å²) in [5.74, 6) is -1.91. The van der Waals surface area contributed by atoms with Gasteiger partial charge in [0.05, 0.1) is 33.7 Å². The van der Waals surface area contributed by atoms with E-state index in [0.29, 0.717) is 21.2 Å². The molecule has 1 atom stereocenters. The number of carbonyl (C=O) groups is 2. The third-order valence-corrected chi connectivity index (χ3v) is 6.59. The minimum absolute atomic E-state index is 0.00124. The van der Waals surface area contributed by atoms with Gasteiger partial charge in [0.2, 0.25) is 0 Å². The highest BCUT2D eigenvalue weighted by molar-refractivity contribution is 9.10. The Morgan fingerprint density at radius 3 is 2.05 bits per heavy atom. The highest BCUT2D eigenvalue weighted by Gasteiger charge is 2.24. The first-order valence-corrected chi connectivity index (χ1v) is 13.1. The van der Waals surface area contributed by atoms with Gasteiger partial charge in [0.15, 0.2) is 6.10 Å². The monoisotopic (exact) mass is 583 g/mol. The molecule has 0 fully saturated rings. The first-order chi connectivity index (χ1) is 18.9. The van der Waals surface area contributed by atoms with E-state index in [1.807, 2.05) is 60.7 Å². The molecule has 6 nitrogen and oxygen atoms in total. The Labute approximate surface area is 233 Å². The van der Waals surface area contributed by atoms with E-state index in [0.717, 1.165) is 16.8 Å². The molecule has 1 N–H and O–H groups in total. The summed E-state index contributed by atoms with van der Waals surface area (Å²) >= 11 is 3.18. The summed E-state index contributed by atoms with van der Waals surface area (Å²) < 4.78 is 20.2. The van der Waals surface area contributed by atoms with Gasteiger partial charge in [-0.3, -0.25) is 4.79 Å². The quantitative estimate of drug-likeness (QED) is 0.201. The largest absolute Gasteiger partial charge is 0.449 e. The number of hydrogen-bond acceptors (Lipinski definition) is 5. The van der Waals surface area contributed by atoms with Gasteiger partial charge in [-0.25, -0.2) is 19.2 Å². The highest BCUT2D eigenvalue weighted by Crippen LogP contribution is 2.31. The van der Waals surface area contributed by atoms with Crippen molar-refractivity contribution in [3.05, 3.63) is 113 Å². The van der Waals surface area contributed by atoms with Crippen molar-refractivity contribution in [1.82, 2.24) is 9.97 Å². The van der Waals surface area contributed by atoms with E-state index >= 15 is 0 Å². The van der Waals surface area contributed by atoms with Crippen molar-refractivity contribution in [2.45, 2.75) is 19.4 Å². The van der Waals surface area contributed by atoms with Gasteiger partial charge >= 0.3 is 5.97 Å². The number of amides is 1. The molecule has 5 rings (SSSR count). The second-order valence-electron chi connectivity index (χ2n) is 8.77. The molecular formula is C31H23BrFN3O3. The summed E-state index contributed by atoms with van der Waals surface area (Å²) in [6.07, 6.45) is -0.899. The number of halogens is 2. The molecule has 1 amide bonds. The van der Waals surface area contributed by atoms with Crippen molar-refractivity contribution >= 4 is 44.5 Å². The average Bonchev–Trinajstić information content (AvgIpc) is 2.97. The lowest BCUT2D eigenvalue weighted by atomic mass is 10.0. The summed E-state index contributed by atoms with van der Waals surface area (Å²) in [7, 11) is 0. The summed E-state index contributed by atoms with van der Waals surface area (Å²) in [6, 6.07) is 28.7. The van der Waals surface area contributed by atoms with Crippen molar-refractivity contribution in [1.29, 1.82) is 0 Å². The fourth-order valence-electron chi connectivity index (χ4n) is 4.10. The maximum atomic E-state index is 14.2. The molecule has 1 aromatic heterocycles. The zero-order chi connectivity index (χ0) is 27.4. The number of nitrogens with zero attached hydrogens (tertiary/aromatic N) is 2. The number of esters is 1. The molecule has 39 heavy (non-hydrogen) atoms. The maximum Gasteiger partial charge on any atom is 0.338 e. The molecule has 4 aromatic carbocycles. The third kappa shape index (κ3) is 5.86. The van der Waals surface area contributed by atoms with Crippen molar-refractivity contribution < 1.29 is 18.7 Å². The van der Waals surface area contributed by atoms with Crippen LogP contribution in [-0.2, 0) is 9.53 Å². The normalized spacial score (nSPS) is 11.7. The highest BCUT2D eigenvalue weighted by atomic mass is 79.9. The van der Waals surface area contributed by atoms with Crippen molar-refractivity contribution in [3.8, 4) is 22.5 Å². The van der Waals surface area contributed by atoms with E-state index < -0.39 is 23.8 Å². The summed E-state index contributed by atoms with van der Waals surface area (Å²) in [5, 5.41) is 2.49. The van der Waals surface area contributed by atoms with E-state index in [2.05, 4.69) is 21.2 Å². The van der Waals surface area contributed by atoms with Crippen LogP contribution in [0.25, 0.3) is 33.5 Å². The van der Waals surface area contributed by atoms with Gasteiger partial charge in [0.25, 0.3) is 5.91 Å². The molecule has 0 spiro atoms. The third-order valence-electron chi connectivity index (χ3n) is 6.10. The Balaban J connectivity index is 1.44. The van der Waals surface area contributed by atoms with Gasteiger partial charge in [0.1, 0.15) is 5.82 Å². The minimum Gasteiger partial charge on any atom is -0.449 e. The molecule has 8 heteroatoms. The Morgan fingerprint density at radius 2 is 1.46 bits per heavy atom. The van der Waals surface area contributed by atoms with Crippen LogP contribution in [0, 0.1) is 5.82 Å². The number of hydrogen-bond donors (Lipinski definition) is 1. The number of aromatic nitrogens is 2. The maximum absolute atomic E-state index is 14.2. The molecule has 0 bridgehead atoms. The molecule has 5 aromatic rings. The first-order valence-electron chi connectivity index (χ1n) is 12.3. The SMILES string of the molecule is CCC(OC(=O)c1ccc2nc(-c3ccccc3)c(-c3ccccc3)nc2c1)C(=O)Nc1ccc(Br)cc1F. The van der Waals surface area contributed by atoms with E-state index in [1.54, 1.807) is 31.2 Å². The summed E-state index contributed by atoms with van der Waals surface area (Å²) in [4.78, 5) is 35.5. The van der Waals surface area contributed by atoms with E-state index in [9.17, 15) is 14.0 Å². The van der Waals surface area contributed by atoms with Gasteiger partial charge in [-0.1, -0.05) is 83.5 Å². The van der Waals surface area contributed by atoms with Crippen molar-refractivity contribution in [3.63, 3.8) is 0 Å². The molecule has 194 valence electrons. The van der Waals surface area contributed by atoms with Crippen molar-refractivity contribution in [2.75, 3.05) is 5.32 Å². The van der Waals surface area contributed by atoms with Gasteiger partial charge in [0, 0.05) is 15.6 Å². The lowest BCUT2D eigenvalue weighted by molar-refractivity contribution is -0.124. The van der Waals surface area contributed by atoms with Gasteiger partial charge < -0.3 is 10.1 Å². The molecule has 0 radical (unpaired) electrons. The van der Waals surface area contributed by atoms with E-state index in [4.69, 9.17) is 14.7 Å². The van der Waals surface area contributed by atoms with Gasteiger partial charge in [-0.2, -0.15) is 0 Å². The number of fused-ring (bicyclic) bond motifs is 1. The van der Waals surface area contributed by atoms with Gasteiger partial charge in [-0.05, 0) is 42.8 Å². The Hall–Kier alpha value is -4.43. The minimum atomic E-state index is -1.11. The van der Waals surface area contributed by atoms with Crippen LogP contribution in [0.2, 0.25) is 0 Å². The Morgan fingerprint density at radius 1 is 0.846 bits per heavy atom. The number of carbonyl (C=O) groups excluding carboxylic acids is 2. The second kappa shape index (κ2) is 11.5. The lowest BCUT2D eigenvalue weighted by Gasteiger charge is -2.17. The number of benzene rings is 4. The summed E-state index contributed by atoms with van der Waals surface area (Å²) in [5.41, 5.74) is 4.58. The Kier molecular flexibility index (Phi) is 7.74. The molecule has 0 saturated carbocycles. The molecule has 1 unspecified atom stereocenters. The molecule has 0 aliphatic heterocycles. The molecule has 0 aliphatic carbocycles. The number of anilines is 1. The summed E-state index contributed by atoms with van der Waals surface area (Å²) in [6.45, 7) is 1.71. The number of nitrogens with one attached hydrogen (secondary N) is 1. The molecule has 0 saturated heterocycles. The smallest absolute Gasteiger partial charge is 0.338 e. The van der Waals surface area contributed by atoms with Crippen LogP contribution < -0.4 is 5.32 Å². The number of ether oxygens (including phenoxy) is 1. The molecule has 0 aliphatic rings. The van der Waals surface area contributed by atoms with E-state index in [1.165, 1.54) is 12.1 Å². The van der Waals surface area contributed by atoms with Crippen molar-refractivity contribution in [2.24, 2.45) is 0 Å². The zero-order valence-electron chi connectivity index (χ0n) is 20.9.